The third-order valence-corrected chi connectivity index (χ3v) is 8.28. The van der Waals surface area contributed by atoms with Crippen LogP contribution < -0.4 is 10.2 Å². The molecule has 0 unspecified atom stereocenters. The summed E-state index contributed by atoms with van der Waals surface area (Å²) in [7, 11) is 3.52. The molecule has 6 rings (SSSR count). The molecule has 3 aromatic rings. The Morgan fingerprint density at radius 1 is 1.05 bits per heavy atom. The molecule has 2 atom stereocenters. The number of hydrogen-bond acceptors (Lipinski definition) is 8. The van der Waals surface area contributed by atoms with E-state index in [9.17, 15) is 14.4 Å². The molecule has 12 heteroatoms. The Morgan fingerprint density at radius 2 is 1.81 bits per heavy atom. The van der Waals surface area contributed by atoms with Gasteiger partial charge in [0.15, 0.2) is 0 Å². The number of amides is 3. The molecule has 0 spiro atoms. The van der Waals surface area contributed by atoms with E-state index in [4.69, 9.17) is 9.72 Å². The quantitative estimate of drug-likeness (QED) is 0.480. The van der Waals surface area contributed by atoms with Gasteiger partial charge in [-0.3, -0.25) is 9.59 Å². The highest BCUT2D eigenvalue weighted by Gasteiger charge is 2.48. The van der Waals surface area contributed by atoms with Crippen molar-refractivity contribution in [2.45, 2.75) is 58.1 Å². The van der Waals surface area contributed by atoms with Crippen LogP contribution in [-0.4, -0.2) is 86.6 Å². The smallest absolute Gasteiger partial charge is 0.410 e. The van der Waals surface area contributed by atoms with Crippen molar-refractivity contribution in [2.24, 2.45) is 11.8 Å². The Kier molecular flexibility index (Phi) is 7.02. The number of hydrogen-bond donors (Lipinski definition) is 1. The fourth-order valence-corrected chi connectivity index (χ4v) is 6.30. The highest BCUT2D eigenvalue weighted by Crippen LogP contribution is 2.37. The number of carbonyl (C=O) groups is 3. The van der Waals surface area contributed by atoms with Gasteiger partial charge in [-0.1, -0.05) is 12.8 Å². The van der Waals surface area contributed by atoms with Crippen molar-refractivity contribution < 1.29 is 19.1 Å². The second-order valence-electron chi connectivity index (χ2n) is 12.7. The second-order valence-corrected chi connectivity index (χ2v) is 12.7. The number of carbonyl (C=O) groups excluding carboxylic acids is 3. The molecule has 1 saturated carbocycles. The maximum Gasteiger partial charge on any atom is 0.410 e. The van der Waals surface area contributed by atoms with E-state index in [1.165, 1.54) is 0 Å². The zero-order valence-electron chi connectivity index (χ0n) is 24.8. The Morgan fingerprint density at radius 3 is 2.45 bits per heavy atom. The van der Waals surface area contributed by atoms with Gasteiger partial charge < -0.3 is 29.3 Å². The van der Waals surface area contributed by atoms with E-state index < -0.39 is 5.60 Å². The summed E-state index contributed by atoms with van der Waals surface area (Å²) in [5.74, 6) is 0.699. The number of rotatable bonds is 5. The van der Waals surface area contributed by atoms with E-state index in [0.29, 0.717) is 42.8 Å². The molecule has 1 N–H and O–H groups in total. The summed E-state index contributed by atoms with van der Waals surface area (Å²) in [5, 5.41) is 4.00. The van der Waals surface area contributed by atoms with Crippen LogP contribution in [0.1, 0.15) is 63.0 Å². The van der Waals surface area contributed by atoms with Crippen molar-refractivity contribution in [3.63, 3.8) is 0 Å². The van der Waals surface area contributed by atoms with Crippen molar-refractivity contribution in [1.82, 2.24) is 29.3 Å². The molecule has 5 heterocycles. The minimum Gasteiger partial charge on any atom is -0.444 e. The molecule has 3 amide bonds. The van der Waals surface area contributed by atoms with Gasteiger partial charge in [0.1, 0.15) is 22.8 Å². The molecule has 3 fully saturated rings. The van der Waals surface area contributed by atoms with Crippen molar-refractivity contribution in [1.29, 1.82) is 0 Å². The number of likely N-dealkylation sites (tertiary alicyclic amines) is 1. The van der Waals surface area contributed by atoms with Gasteiger partial charge in [0.25, 0.3) is 5.91 Å². The molecule has 222 valence electrons. The summed E-state index contributed by atoms with van der Waals surface area (Å²) in [4.78, 5) is 57.5. The Hall–Kier alpha value is -4.22. The van der Waals surface area contributed by atoms with Crippen molar-refractivity contribution in [3.05, 3.63) is 36.3 Å². The monoisotopic (exact) mass is 574 g/mol. The first kappa shape index (κ1) is 27.9. The minimum atomic E-state index is -0.572. The lowest BCUT2D eigenvalue weighted by atomic mass is 10.0. The molecule has 0 aromatic carbocycles. The summed E-state index contributed by atoms with van der Waals surface area (Å²) in [6, 6.07) is 5.76. The van der Waals surface area contributed by atoms with E-state index in [2.05, 4.69) is 19.9 Å². The van der Waals surface area contributed by atoms with Gasteiger partial charge in [-0.15, -0.1) is 0 Å². The van der Waals surface area contributed by atoms with Gasteiger partial charge in [0, 0.05) is 57.3 Å². The first-order chi connectivity index (χ1) is 20.0. The summed E-state index contributed by atoms with van der Waals surface area (Å²) in [6.45, 7) is 6.91. The Labute approximate surface area is 245 Å². The van der Waals surface area contributed by atoms with Gasteiger partial charge in [-0.2, -0.15) is 4.98 Å². The van der Waals surface area contributed by atoms with Gasteiger partial charge >= 0.3 is 6.09 Å². The lowest BCUT2D eigenvalue weighted by molar-refractivity contribution is -0.120. The average Bonchev–Trinajstić information content (AvgIpc) is 3.72. The van der Waals surface area contributed by atoms with Gasteiger partial charge in [0.05, 0.1) is 17.8 Å². The fraction of sp³-hybridized carbons (Fsp3) is 0.533. The third-order valence-electron chi connectivity index (χ3n) is 8.28. The van der Waals surface area contributed by atoms with E-state index in [1.54, 1.807) is 47.3 Å². The van der Waals surface area contributed by atoms with Crippen LogP contribution in [0.4, 0.5) is 22.2 Å². The second kappa shape index (κ2) is 10.6. The predicted molar refractivity (Wildman–Crippen MR) is 158 cm³/mol. The first-order valence-corrected chi connectivity index (χ1v) is 14.6. The van der Waals surface area contributed by atoms with Crippen molar-refractivity contribution in [3.8, 4) is 0 Å². The highest BCUT2D eigenvalue weighted by molar-refractivity contribution is 5.99. The molecule has 1 aliphatic carbocycles. The largest absolute Gasteiger partial charge is 0.444 e. The zero-order valence-corrected chi connectivity index (χ0v) is 24.8. The van der Waals surface area contributed by atoms with Crippen LogP contribution in [0, 0.1) is 11.8 Å². The average molecular weight is 575 g/mol. The molecule has 12 nitrogen and oxygen atoms in total. The van der Waals surface area contributed by atoms with Crippen LogP contribution in [0.25, 0.3) is 11.0 Å². The normalized spacial score (nSPS) is 20.8. The maximum atomic E-state index is 13.2. The van der Waals surface area contributed by atoms with Crippen LogP contribution in [0.3, 0.4) is 0 Å². The third kappa shape index (κ3) is 5.25. The Bertz CT molecular complexity index is 1520. The maximum absolute atomic E-state index is 13.2. The molecule has 2 saturated heterocycles. The number of pyridine rings is 1. The summed E-state index contributed by atoms with van der Waals surface area (Å²) >= 11 is 0. The van der Waals surface area contributed by atoms with Gasteiger partial charge in [-0.25, -0.2) is 14.8 Å². The van der Waals surface area contributed by atoms with Crippen LogP contribution in [0.15, 0.2) is 30.6 Å². The van der Waals surface area contributed by atoms with E-state index >= 15 is 0 Å². The molecule has 2 aliphatic heterocycles. The Balaban J connectivity index is 1.16. The molecule has 0 bridgehead atoms. The SMILES string of the molecule is CN(C)C(=O)c1cc2cnc(Nc3ccc(N4C[C@H]5CN(C(=O)OC(C)(C)C)C[C@H]5C4=O)cn3)nc2n1C1CCCC1. The lowest BCUT2D eigenvalue weighted by Gasteiger charge is -2.26. The number of anilines is 3. The summed E-state index contributed by atoms with van der Waals surface area (Å²) in [6.07, 6.45) is 7.33. The molecular weight excluding hydrogens is 536 g/mol. The van der Waals surface area contributed by atoms with E-state index in [1.807, 2.05) is 32.9 Å². The first-order valence-electron chi connectivity index (χ1n) is 14.6. The molecule has 3 aromatic heterocycles. The molecule has 3 aliphatic rings. The number of fused-ring (bicyclic) bond motifs is 2. The van der Waals surface area contributed by atoms with Crippen molar-refractivity contribution >= 4 is 46.4 Å². The number of nitrogens with zero attached hydrogens (tertiary/aromatic N) is 7. The summed E-state index contributed by atoms with van der Waals surface area (Å²) in [5.41, 5.74) is 1.50. The predicted octanol–water partition coefficient (Wildman–Crippen LogP) is 4.22. The molecule has 42 heavy (non-hydrogen) atoms. The van der Waals surface area contributed by atoms with Crippen LogP contribution in [0.5, 0.6) is 0 Å². The number of aromatic nitrogens is 4. The van der Waals surface area contributed by atoms with Crippen LogP contribution in [0.2, 0.25) is 0 Å². The summed E-state index contributed by atoms with van der Waals surface area (Å²) < 4.78 is 7.57. The number of nitrogens with one attached hydrogen (secondary N) is 1. The minimum absolute atomic E-state index is 0.00176. The van der Waals surface area contributed by atoms with Crippen LogP contribution in [-0.2, 0) is 9.53 Å². The highest BCUT2D eigenvalue weighted by atomic mass is 16.6. The topological polar surface area (TPSA) is 126 Å². The van der Waals surface area contributed by atoms with Crippen LogP contribution >= 0.6 is 0 Å². The van der Waals surface area contributed by atoms with E-state index in [-0.39, 0.29) is 35.8 Å². The van der Waals surface area contributed by atoms with Gasteiger partial charge in [-0.05, 0) is 51.8 Å². The molecular formula is C30H38N8O4. The van der Waals surface area contributed by atoms with Crippen molar-refractivity contribution in [2.75, 3.05) is 43.9 Å². The zero-order chi connectivity index (χ0) is 29.8. The van der Waals surface area contributed by atoms with Gasteiger partial charge in [0.2, 0.25) is 11.9 Å². The lowest BCUT2D eigenvalue weighted by Crippen LogP contribution is -2.38. The number of ether oxygens (including phenoxy) is 1. The fourth-order valence-electron chi connectivity index (χ4n) is 6.30. The standard InChI is InChI=1S/C30H38N8O4/c1-30(2,3)42-29(41)36-15-19-16-37(26(39)22(19)17-36)21-10-11-24(31-14-21)33-28-32-13-18-12-23(27(40)35(4)5)38(25(18)34-28)20-8-6-7-9-20/h10-14,19-20,22H,6-9,15-17H2,1-5H3,(H,31,32,33,34)/t19-,22-/m1/s1. The molecule has 0 radical (unpaired) electrons. The van der Waals surface area contributed by atoms with E-state index in [0.717, 1.165) is 36.7 Å².